The van der Waals surface area contributed by atoms with Crippen molar-refractivity contribution in [3.05, 3.63) is 28.2 Å². The van der Waals surface area contributed by atoms with Crippen LogP contribution in [0.4, 0.5) is 5.95 Å². The molecule has 3 rings (SSSR count). The molecule has 0 unspecified atom stereocenters. The third-order valence-electron chi connectivity index (χ3n) is 4.27. The fourth-order valence-corrected chi connectivity index (χ4v) is 2.96. The van der Waals surface area contributed by atoms with E-state index >= 15 is 0 Å². The van der Waals surface area contributed by atoms with E-state index in [1.807, 2.05) is 0 Å². The number of aliphatic hydroxyl groups is 3. The number of nitrogens with two attached hydrogens (primary N) is 1. The number of anilines is 1. The number of nitrogens with zero attached hydrogens (tertiary/aromatic N) is 3. The lowest BCUT2D eigenvalue weighted by Crippen LogP contribution is -2.52. The second-order valence-corrected chi connectivity index (χ2v) is 5.55. The number of H-pyrrole nitrogens is 1. The quantitative estimate of drug-likeness (QED) is 0.389. The number of ether oxygens (including phenoxy) is 1. The summed E-state index contributed by atoms with van der Waals surface area (Å²) in [7, 11) is 0. The van der Waals surface area contributed by atoms with Crippen molar-refractivity contribution in [1.82, 2.24) is 14.6 Å². The molecular formula is C13H15N5O5. The third kappa shape index (κ3) is 1.82. The molecule has 1 fully saturated rings. The second-order valence-electron chi connectivity index (χ2n) is 5.55. The average Bonchev–Trinajstić information content (AvgIpc) is 3.02. The Morgan fingerprint density at radius 3 is 2.91 bits per heavy atom. The highest BCUT2D eigenvalue weighted by Gasteiger charge is 2.65. The largest absolute Gasteiger partial charge is 0.394 e. The van der Waals surface area contributed by atoms with Crippen molar-refractivity contribution in [2.24, 2.45) is 0 Å². The zero-order valence-electron chi connectivity index (χ0n) is 12.1. The number of nitrogen functional groups attached to an aromatic ring is 1. The first-order valence-corrected chi connectivity index (χ1v) is 6.77. The molecule has 0 amide bonds. The molecular weight excluding hydrogens is 306 g/mol. The fraction of sp³-hybridized carbons (Fsp3) is 0.462. The molecule has 1 aliphatic rings. The molecule has 0 saturated carbocycles. The van der Waals surface area contributed by atoms with Crippen LogP contribution in [0.15, 0.2) is 16.9 Å². The van der Waals surface area contributed by atoms with E-state index in [-0.39, 0.29) is 17.2 Å². The SMILES string of the molecule is C[C@@]1(c2ccc3c(=O)[nH]c(N)nn23)O[C@H](CO)[C@@H](O)[C@]1(O)C#N. The van der Waals surface area contributed by atoms with Crippen molar-refractivity contribution < 1.29 is 20.1 Å². The van der Waals surface area contributed by atoms with Gasteiger partial charge in [0.05, 0.1) is 12.3 Å². The van der Waals surface area contributed by atoms with Crippen LogP contribution in [0.3, 0.4) is 0 Å². The van der Waals surface area contributed by atoms with Crippen molar-refractivity contribution in [2.75, 3.05) is 12.3 Å². The summed E-state index contributed by atoms with van der Waals surface area (Å²) in [5.74, 6) is -0.165. The van der Waals surface area contributed by atoms with Crippen LogP contribution in [0.25, 0.3) is 5.52 Å². The number of hydrogen-bond donors (Lipinski definition) is 5. The van der Waals surface area contributed by atoms with E-state index in [1.54, 1.807) is 6.07 Å². The monoisotopic (exact) mass is 321 g/mol. The lowest BCUT2D eigenvalue weighted by atomic mass is 9.80. The number of aliphatic hydroxyl groups excluding tert-OH is 2. The molecule has 0 aliphatic carbocycles. The van der Waals surface area contributed by atoms with Crippen molar-refractivity contribution in [1.29, 1.82) is 5.26 Å². The van der Waals surface area contributed by atoms with E-state index < -0.39 is 35.6 Å². The van der Waals surface area contributed by atoms with E-state index in [4.69, 9.17) is 10.5 Å². The molecule has 3 heterocycles. The zero-order chi connectivity index (χ0) is 17.0. The minimum atomic E-state index is -2.35. The fourth-order valence-electron chi connectivity index (χ4n) is 2.96. The molecule has 6 N–H and O–H groups in total. The van der Waals surface area contributed by atoms with Gasteiger partial charge in [-0.3, -0.25) is 9.78 Å². The van der Waals surface area contributed by atoms with Crippen LogP contribution in [0.5, 0.6) is 0 Å². The highest BCUT2D eigenvalue weighted by Crippen LogP contribution is 2.46. The summed E-state index contributed by atoms with van der Waals surface area (Å²) >= 11 is 0. The molecule has 0 bridgehead atoms. The Morgan fingerprint density at radius 1 is 1.61 bits per heavy atom. The van der Waals surface area contributed by atoms with Gasteiger partial charge in [-0.2, -0.15) is 5.26 Å². The van der Waals surface area contributed by atoms with Crippen LogP contribution in [0.1, 0.15) is 12.6 Å². The van der Waals surface area contributed by atoms with Crippen LogP contribution >= 0.6 is 0 Å². The summed E-state index contributed by atoms with van der Waals surface area (Å²) in [6, 6.07) is 4.50. The smallest absolute Gasteiger partial charge is 0.276 e. The topological polar surface area (TPSA) is 170 Å². The Balaban J connectivity index is 2.29. The molecule has 10 nitrogen and oxygen atoms in total. The van der Waals surface area contributed by atoms with Gasteiger partial charge in [0.15, 0.2) is 5.60 Å². The number of hydrogen-bond acceptors (Lipinski definition) is 8. The van der Waals surface area contributed by atoms with Gasteiger partial charge in [-0.1, -0.05) is 0 Å². The lowest BCUT2D eigenvalue weighted by Gasteiger charge is -2.33. The van der Waals surface area contributed by atoms with Crippen LogP contribution in [-0.2, 0) is 10.3 Å². The first kappa shape index (κ1) is 15.4. The van der Waals surface area contributed by atoms with Gasteiger partial charge in [0.1, 0.15) is 23.8 Å². The van der Waals surface area contributed by atoms with E-state index in [2.05, 4.69) is 10.1 Å². The van der Waals surface area contributed by atoms with Crippen LogP contribution in [0.2, 0.25) is 0 Å². The van der Waals surface area contributed by atoms with Crippen LogP contribution in [0, 0.1) is 11.3 Å². The summed E-state index contributed by atoms with van der Waals surface area (Å²) in [6.07, 6.45) is -2.82. The maximum Gasteiger partial charge on any atom is 0.276 e. The van der Waals surface area contributed by atoms with Gasteiger partial charge in [-0.25, -0.2) is 4.52 Å². The molecule has 1 aliphatic heterocycles. The van der Waals surface area contributed by atoms with Gasteiger partial charge in [0.25, 0.3) is 5.56 Å². The van der Waals surface area contributed by atoms with Crippen molar-refractivity contribution in [2.45, 2.75) is 30.3 Å². The summed E-state index contributed by atoms with van der Waals surface area (Å²) in [6.45, 7) is 0.774. The molecule has 2 aromatic rings. The minimum Gasteiger partial charge on any atom is -0.394 e. The number of aromatic nitrogens is 3. The number of aromatic amines is 1. The number of nitriles is 1. The Hall–Kier alpha value is -2.45. The van der Waals surface area contributed by atoms with Gasteiger partial charge in [0.2, 0.25) is 11.5 Å². The molecule has 10 heteroatoms. The minimum absolute atomic E-state index is 0.126. The van der Waals surface area contributed by atoms with E-state index in [1.165, 1.54) is 19.1 Å². The van der Waals surface area contributed by atoms with Crippen molar-refractivity contribution in [3.63, 3.8) is 0 Å². The number of nitrogens with one attached hydrogen (secondary N) is 1. The van der Waals surface area contributed by atoms with E-state index in [0.717, 1.165) is 4.52 Å². The zero-order valence-corrected chi connectivity index (χ0v) is 12.1. The van der Waals surface area contributed by atoms with Crippen molar-refractivity contribution >= 4 is 11.5 Å². The van der Waals surface area contributed by atoms with E-state index in [9.17, 15) is 25.4 Å². The summed E-state index contributed by atoms with van der Waals surface area (Å²) in [4.78, 5) is 14.2. The van der Waals surface area contributed by atoms with Gasteiger partial charge in [-0.15, -0.1) is 5.10 Å². The number of fused-ring (bicyclic) bond motifs is 1. The first-order valence-electron chi connectivity index (χ1n) is 6.77. The first-order chi connectivity index (χ1) is 10.8. The molecule has 0 aromatic carbocycles. The Kier molecular flexibility index (Phi) is 3.20. The molecule has 122 valence electrons. The average molecular weight is 321 g/mol. The highest BCUT2D eigenvalue weighted by molar-refractivity contribution is 5.50. The van der Waals surface area contributed by atoms with Crippen molar-refractivity contribution in [3.8, 4) is 6.07 Å². The predicted octanol–water partition coefficient (Wildman–Crippen LogP) is -2.17. The van der Waals surface area contributed by atoms with Gasteiger partial charge in [-0.05, 0) is 19.1 Å². The molecule has 2 aromatic heterocycles. The van der Waals surface area contributed by atoms with Gasteiger partial charge in [0, 0.05) is 0 Å². The molecule has 0 radical (unpaired) electrons. The Bertz CT molecular complexity index is 870. The van der Waals surface area contributed by atoms with Gasteiger partial charge >= 0.3 is 0 Å². The summed E-state index contributed by atoms with van der Waals surface area (Å²) in [5.41, 5.74) is 1.19. The standard InChI is InChI=1S/C13H15N5O5/c1-12(13(22,5-14)9(20)7(4-19)23-12)8-3-2-6-10(21)16-11(15)17-18(6)8/h2-3,7,9,19-20,22H,4H2,1H3,(H3,15,16,17,21)/t7-,9-,12+,13-/m1/s1. The Morgan fingerprint density at radius 2 is 2.30 bits per heavy atom. The lowest BCUT2D eigenvalue weighted by molar-refractivity contribution is -0.115. The van der Waals surface area contributed by atoms with Crippen LogP contribution in [-0.4, -0.2) is 54.3 Å². The molecule has 4 atom stereocenters. The molecule has 0 spiro atoms. The Labute approximate surface area is 129 Å². The third-order valence-corrected chi connectivity index (χ3v) is 4.27. The normalized spacial score (nSPS) is 33.9. The second kappa shape index (κ2) is 4.77. The maximum atomic E-state index is 11.9. The van der Waals surface area contributed by atoms with E-state index in [0.29, 0.717) is 0 Å². The van der Waals surface area contributed by atoms with Crippen LogP contribution < -0.4 is 11.3 Å². The maximum absolute atomic E-state index is 11.9. The molecule has 23 heavy (non-hydrogen) atoms. The van der Waals surface area contributed by atoms with Gasteiger partial charge < -0.3 is 25.8 Å². The summed E-state index contributed by atoms with van der Waals surface area (Å²) in [5, 5.41) is 43.4. The molecule has 1 saturated heterocycles. The number of rotatable bonds is 2. The summed E-state index contributed by atoms with van der Waals surface area (Å²) < 4.78 is 6.70. The predicted molar refractivity (Wildman–Crippen MR) is 76.1 cm³/mol. The highest BCUT2D eigenvalue weighted by atomic mass is 16.6.